The Bertz CT molecular complexity index is 1960. The monoisotopic (exact) mass is 687 g/mol. The van der Waals surface area contributed by atoms with E-state index < -0.39 is 74.5 Å². The quantitative estimate of drug-likeness (QED) is 0.112. The molecule has 18 nitrogen and oxygen atoms in total. The van der Waals surface area contributed by atoms with E-state index in [0.717, 1.165) is 10.9 Å². The molecule has 5 rings (SSSR count). The molecular weight excluding hydrogens is 660 g/mol. The van der Waals surface area contributed by atoms with E-state index >= 15 is 0 Å². The first-order valence-electron chi connectivity index (χ1n) is 12.9. The Labute approximate surface area is 254 Å². The Kier molecular flexibility index (Phi) is 9.42. The zero-order valence-corrected chi connectivity index (χ0v) is 25.5. The number of ether oxygens (including phenoxy) is 1. The highest BCUT2D eigenvalue weighted by Crippen LogP contribution is 2.61. The molecule has 242 valence electrons. The maximum atomic E-state index is 12.8. The lowest BCUT2D eigenvalue weighted by atomic mass is 10.1. The Morgan fingerprint density at radius 3 is 2.33 bits per heavy atom. The van der Waals surface area contributed by atoms with Gasteiger partial charge < -0.3 is 30.5 Å². The second-order valence-electron chi connectivity index (χ2n) is 9.75. The summed E-state index contributed by atoms with van der Waals surface area (Å²) in [7, 11) is -14.4. The highest BCUT2D eigenvalue weighted by Gasteiger charge is 2.46. The van der Waals surface area contributed by atoms with Crippen LogP contribution in [0.4, 0.5) is 5.95 Å². The maximum absolute atomic E-state index is 12.8. The lowest BCUT2D eigenvalue weighted by Gasteiger charge is -2.19. The summed E-state index contributed by atoms with van der Waals surface area (Å²) in [5, 5.41) is 21.0. The van der Waals surface area contributed by atoms with Gasteiger partial charge >= 0.3 is 15.6 Å². The standard InChI is InChI=1S/C24H27N5O13P2S/c25-24-27-21-18(22(32)28-24)26-13-29(21)23-20(31)19(30)17(41-23)11-40-44(35,36)42-43(33,34)39-10-14-6-4-5-7-15(14)12-45(37,38)16-8-2-1-3-9-16/h1-9,13,17,19-20,23,30-31H,10-12H2,(H,33,34)(H,35,36)(H3,25,27,28,32)/t17-,19-,20-,23-/m1/s1. The summed E-state index contributed by atoms with van der Waals surface area (Å²) < 4.78 is 71.2. The van der Waals surface area contributed by atoms with Gasteiger partial charge in [0, 0.05) is 0 Å². The zero-order valence-electron chi connectivity index (χ0n) is 22.9. The Morgan fingerprint density at radius 2 is 1.62 bits per heavy atom. The number of phosphoric ester groups is 2. The molecule has 6 atom stereocenters. The number of aromatic amines is 1. The summed E-state index contributed by atoms with van der Waals surface area (Å²) in [5.74, 6) is -0.711. The fourth-order valence-electron chi connectivity index (χ4n) is 4.48. The van der Waals surface area contributed by atoms with E-state index in [4.69, 9.17) is 19.5 Å². The molecule has 0 spiro atoms. The number of nitrogens with two attached hydrogens (primary N) is 1. The number of rotatable bonds is 12. The van der Waals surface area contributed by atoms with Crippen molar-refractivity contribution in [3.63, 3.8) is 0 Å². The molecule has 3 heterocycles. The van der Waals surface area contributed by atoms with Gasteiger partial charge in [0.05, 0.1) is 30.2 Å². The van der Waals surface area contributed by atoms with Gasteiger partial charge in [0.15, 0.2) is 27.2 Å². The summed E-state index contributed by atoms with van der Waals surface area (Å²) in [4.78, 5) is 42.4. The first-order chi connectivity index (χ1) is 21.2. The van der Waals surface area contributed by atoms with Crippen LogP contribution in [0, 0.1) is 0 Å². The largest absolute Gasteiger partial charge is 0.481 e. The van der Waals surface area contributed by atoms with Gasteiger partial charge in [0.25, 0.3) is 5.56 Å². The number of nitrogens with zero attached hydrogens (tertiary/aromatic N) is 3. The number of imidazole rings is 1. The number of hydrogen-bond donors (Lipinski definition) is 6. The number of anilines is 1. The second kappa shape index (κ2) is 12.8. The van der Waals surface area contributed by atoms with Crippen LogP contribution in [0.3, 0.4) is 0 Å². The molecule has 1 fully saturated rings. The molecule has 1 aliphatic rings. The van der Waals surface area contributed by atoms with E-state index in [2.05, 4.69) is 19.3 Å². The van der Waals surface area contributed by atoms with Gasteiger partial charge in [0.2, 0.25) is 5.95 Å². The van der Waals surface area contributed by atoms with Crippen LogP contribution in [0.5, 0.6) is 0 Å². The summed E-state index contributed by atoms with van der Waals surface area (Å²) in [6.45, 7) is -1.59. The summed E-state index contributed by atoms with van der Waals surface area (Å²) >= 11 is 0. The number of aliphatic hydroxyl groups excluding tert-OH is 2. The number of nitrogen functional groups attached to an aromatic ring is 1. The van der Waals surface area contributed by atoms with Crippen LogP contribution in [0.15, 0.2) is 70.6 Å². The number of fused-ring (bicyclic) bond motifs is 1. The van der Waals surface area contributed by atoms with Crippen molar-refractivity contribution in [2.75, 3.05) is 12.3 Å². The molecular formula is C24H27N5O13P2S. The van der Waals surface area contributed by atoms with Crippen molar-refractivity contribution < 1.29 is 55.6 Å². The molecule has 4 aromatic rings. The molecule has 0 aliphatic carbocycles. The SMILES string of the molecule is Nc1nc2c(ncn2[C@@H]2O[C@H](COP(=O)(O)OP(=O)(O)OCc3ccccc3CS(=O)(=O)c3ccccc3)[C@@H](O)[C@H]2O)c(=O)[nH]1. The van der Waals surface area contributed by atoms with Crippen molar-refractivity contribution in [3.8, 4) is 0 Å². The van der Waals surface area contributed by atoms with Crippen LogP contribution in [-0.2, 0) is 49.4 Å². The van der Waals surface area contributed by atoms with E-state index in [1.807, 2.05) is 0 Å². The number of phosphoric acid groups is 2. The van der Waals surface area contributed by atoms with Crippen LogP contribution in [0.1, 0.15) is 17.4 Å². The fourth-order valence-corrected chi connectivity index (χ4v) is 7.96. The molecule has 0 amide bonds. The van der Waals surface area contributed by atoms with Crippen LogP contribution in [0.2, 0.25) is 0 Å². The summed E-state index contributed by atoms with van der Waals surface area (Å²) in [6.07, 6.45) is -5.11. The van der Waals surface area contributed by atoms with Crippen molar-refractivity contribution in [2.24, 2.45) is 0 Å². The Morgan fingerprint density at radius 1 is 0.978 bits per heavy atom. The molecule has 2 unspecified atom stereocenters. The lowest BCUT2D eigenvalue weighted by molar-refractivity contribution is -0.0504. The topological polar surface area (TPSA) is 276 Å². The molecule has 21 heteroatoms. The van der Waals surface area contributed by atoms with Gasteiger partial charge in [-0.3, -0.25) is 23.4 Å². The minimum Gasteiger partial charge on any atom is -0.387 e. The second-order valence-corrected chi connectivity index (χ2v) is 14.8. The van der Waals surface area contributed by atoms with Crippen molar-refractivity contribution in [1.82, 2.24) is 19.5 Å². The van der Waals surface area contributed by atoms with E-state index in [1.54, 1.807) is 24.3 Å². The minimum absolute atomic E-state index is 0.0699. The first kappa shape index (κ1) is 33.1. The predicted octanol–water partition coefficient (Wildman–Crippen LogP) is 0.746. The molecule has 0 saturated carbocycles. The van der Waals surface area contributed by atoms with Crippen molar-refractivity contribution >= 4 is 42.6 Å². The smallest absolute Gasteiger partial charge is 0.387 e. The van der Waals surface area contributed by atoms with Gasteiger partial charge in [-0.05, 0) is 23.3 Å². The summed E-state index contributed by atoms with van der Waals surface area (Å²) in [6, 6.07) is 13.7. The Hall–Kier alpha value is -3.32. The van der Waals surface area contributed by atoms with Crippen LogP contribution in [0.25, 0.3) is 11.2 Å². The average molecular weight is 688 g/mol. The van der Waals surface area contributed by atoms with Crippen LogP contribution in [-0.4, -0.2) is 72.9 Å². The van der Waals surface area contributed by atoms with Gasteiger partial charge in [0.1, 0.15) is 18.3 Å². The molecule has 1 aliphatic heterocycles. The zero-order chi connectivity index (χ0) is 32.6. The maximum Gasteiger partial charge on any atom is 0.481 e. The molecule has 2 aromatic heterocycles. The number of nitrogens with one attached hydrogen (secondary N) is 1. The number of aliphatic hydroxyl groups is 2. The fraction of sp³-hybridized carbons (Fsp3) is 0.292. The number of aromatic nitrogens is 4. The van der Waals surface area contributed by atoms with Gasteiger partial charge in [-0.2, -0.15) is 9.29 Å². The number of hydrogen-bond acceptors (Lipinski definition) is 14. The van der Waals surface area contributed by atoms with E-state index in [-0.39, 0.29) is 33.1 Å². The Balaban J connectivity index is 1.20. The molecule has 0 bridgehead atoms. The van der Waals surface area contributed by atoms with Crippen molar-refractivity contribution in [2.45, 2.75) is 41.8 Å². The molecule has 7 N–H and O–H groups in total. The highest BCUT2D eigenvalue weighted by atomic mass is 32.2. The predicted molar refractivity (Wildman–Crippen MR) is 154 cm³/mol. The first-order valence-corrected chi connectivity index (χ1v) is 17.5. The summed E-state index contributed by atoms with van der Waals surface area (Å²) in [5.41, 5.74) is 5.12. The van der Waals surface area contributed by atoms with E-state index in [9.17, 15) is 42.3 Å². The van der Waals surface area contributed by atoms with Crippen molar-refractivity contribution in [1.29, 1.82) is 0 Å². The van der Waals surface area contributed by atoms with Crippen molar-refractivity contribution in [3.05, 3.63) is 82.4 Å². The molecule has 1 saturated heterocycles. The van der Waals surface area contributed by atoms with Crippen LogP contribution >= 0.6 is 15.6 Å². The van der Waals surface area contributed by atoms with E-state index in [1.165, 1.54) is 30.3 Å². The van der Waals surface area contributed by atoms with Crippen LogP contribution < -0.4 is 11.3 Å². The third-order valence-electron chi connectivity index (χ3n) is 6.62. The molecule has 45 heavy (non-hydrogen) atoms. The van der Waals surface area contributed by atoms with E-state index in [0.29, 0.717) is 0 Å². The van der Waals surface area contributed by atoms with Gasteiger partial charge in [-0.15, -0.1) is 0 Å². The van der Waals surface area contributed by atoms with Gasteiger partial charge in [-0.25, -0.2) is 22.5 Å². The minimum atomic E-state index is -5.35. The molecule has 0 radical (unpaired) electrons. The lowest BCUT2D eigenvalue weighted by Crippen LogP contribution is -2.33. The number of H-pyrrole nitrogens is 1. The third-order valence-corrected chi connectivity index (χ3v) is 10.9. The molecule has 2 aromatic carbocycles. The average Bonchev–Trinajstić information content (AvgIpc) is 3.51. The number of sulfone groups is 1. The number of benzene rings is 2. The highest BCUT2D eigenvalue weighted by molar-refractivity contribution is 7.90. The normalized spacial score (nSPS) is 23.1. The van der Waals surface area contributed by atoms with Gasteiger partial charge in [-0.1, -0.05) is 42.5 Å². The third kappa shape index (κ3) is 7.57.